The number of carbonyl (C=O) groups excluding carboxylic acids is 2. The maximum absolute atomic E-state index is 15.4. The number of nitrogens with zero attached hydrogens (tertiary/aromatic N) is 5. The van der Waals surface area contributed by atoms with E-state index in [-0.39, 0.29) is 34.8 Å². The van der Waals surface area contributed by atoms with E-state index in [4.69, 9.17) is 9.47 Å². The number of aliphatic hydroxyl groups is 1. The maximum Gasteiger partial charge on any atom is 0.410 e. The molecular formula is C39H50FN5O5. The van der Waals surface area contributed by atoms with Crippen molar-refractivity contribution in [1.29, 1.82) is 0 Å². The van der Waals surface area contributed by atoms with E-state index in [0.717, 1.165) is 49.8 Å². The molecule has 5 aliphatic rings. The van der Waals surface area contributed by atoms with Gasteiger partial charge in [-0.1, -0.05) is 12.1 Å². The summed E-state index contributed by atoms with van der Waals surface area (Å²) in [5.41, 5.74) is 3.65. The number of amides is 2. The highest BCUT2D eigenvalue weighted by molar-refractivity contribution is 5.95. The van der Waals surface area contributed by atoms with Crippen LogP contribution < -0.4 is 9.64 Å². The van der Waals surface area contributed by atoms with Crippen LogP contribution in [-0.2, 0) is 14.9 Å². The van der Waals surface area contributed by atoms with Gasteiger partial charge >= 0.3 is 6.09 Å². The molecule has 1 aliphatic heterocycles. The Morgan fingerprint density at radius 1 is 1.04 bits per heavy atom. The van der Waals surface area contributed by atoms with Crippen LogP contribution >= 0.6 is 0 Å². The summed E-state index contributed by atoms with van der Waals surface area (Å²) in [7, 11) is 1.71. The summed E-state index contributed by atoms with van der Waals surface area (Å²) in [6.07, 6.45) is 12.2. The first-order valence-electron chi connectivity index (χ1n) is 18.3. The number of anilines is 1. The number of hydrogen-bond donors (Lipinski definition) is 1. The van der Waals surface area contributed by atoms with Crippen molar-refractivity contribution in [2.45, 2.75) is 109 Å². The number of likely N-dealkylation sites (tertiary alicyclic amines) is 1. The van der Waals surface area contributed by atoms with E-state index in [1.165, 1.54) is 16.7 Å². The zero-order valence-corrected chi connectivity index (χ0v) is 29.7. The third kappa shape index (κ3) is 6.61. The van der Waals surface area contributed by atoms with Gasteiger partial charge in [0.2, 0.25) is 5.91 Å². The number of methoxy groups -OCH3 is 1. The van der Waals surface area contributed by atoms with Crippen LogP contribution in [0.25, 0.3) is 11.1 Å². The number of hydrogen-bond acceptors (Lipinski definition) is 7. The molecule has 5 fully saturated rings. The minimum atomic E-state index is -0.482. The SMILES string of the molecule is COc1ccc(C23CCC(CN(C(=O)C4CCC(OC(=O)N5CC(O)C5)CC4)c4cc(-c5cnn(C(C)C)c5)c(F)cn4)(CC2)CC3)cc1C. The highest BCUT2D eigenvalue weighted by Gasteiger charge is 2.51. The molecule has 4 aliphatic carbocycles. The fourth-order valence-electron chi connectivity index (χ4n) is 8.77. The molecule has 4 saturated carbocycles. The Hall–Kier alpha value is -3.99. The van der Waals surface area contributed by atoms with Crippen LogP contribution in [0.1, 0.15) is 95.2 Å². The molecule has 11 heteroatoms. The van der Waals surface area contributed by atoms with E-state index in [9.17, 15) is 14.7 Å². The van der Waals surface area contributed by atoms with Crippen LogP contribution in [0, 0.1) is 24.1 Å². The third-order valence-corrected chi connectivity index (χ3v) is 12.1. The van der Waals surface area contributed by atoms with Gasteiger partial charge in [-0.2, -0.15) is 5.10 Å². The summed E-state index contributed by atoms with van der Waals surface area (Å²) in [5.74, 6) is 0.683. The van der Waals surface area contributed by atoms with Crippen LogP contribution in [0.5, 0.6) is 5.75 Å². The number of ether oxygens (including phenoxy) is 2. The minimum absolute atomic E-state index is 0.00569. The monoisotopic (exact) mass is 687 g/mol. The van der Waals surface area contributed by atoms with Crippen molar-refractivity contribution in [1.82, 2.24) is 19.7 Å². The van der Waals surface area contributed by atoms with E-state index >= 15 is 4.39 Å². The van der Waals surface area contributed by atoms with E-state index < -0.39 is 18.0 Å². The number of carbonyl (C=O) groups is 2. The van der Waals surface area contributed by atoms with E-state index in [0.29, 0.717) is 62.3 Å². The van der Waals surface area contributed by atoms with Crippen molar-refractivity contribution in [3.05, 3.63) is 59.8 Å². The van der Waals surface area contributed by atoms with Gasteiger partial charge in [0.25, 0.3) is 0 Å². The molecule has 1 aromatic carbocycles. The summed E-state index contributed by atoms with van der Waals surface area (Å²) >= 11 is 0. The summed E-state index contributed by atoms with van der Waals surface area (Å²) in [6, 6.07) is 8.45. The van der Waals surface area contributed by atoms with Gasteiger partial charge in [-0.3, -0.25) is 14.4 Å². The van der Waals surface area contributed by atoms with E-state index in [2.05, 4.69) is 35.2 Å². The standard InChI is InChI=1S/C39H50FN5O5/c1-25(2)45-21-28(19-42-45)32-18-35(41-20-33(32)40)44(36(47)27-5-8-31(9-6-27)50-37(48)43-22-30(46)23-43)24-38-11-14-39(15-12-38,16-13-38)29-7-10-34(49-4)26(3)17-29/h7,10,17-21,25,27,30-31,46H,5-6,8-9,11-16,22-24H2,1-4H3. The number of fused-ring (bicyclic) bond motifs is 3. The first-order chi connectivity index (χ1) is 24.0. The Bertz CT molecular complexity index is 1700. The second kappa shape index (κ2) is 13.6. The fraction of sp³-hybridized carbons (Fsp3) is 0.590. The average Bonchev–Trinajstić information content (AvgIpc) is 3.61. The number of aromatic nitrogens is 3. The zero-order chi connectivity index (χ0) is 35.2. The molecule has 3 heterocycles. The molecule has 1 saturated heterocycles. The molecule has 0 unspecified atom stereocenters. The topological polar surface area (TPSA) is 110 Å². The number of β-amino-alcohol motifs (C(OH)–C–C–N with tert-alkyl or cyclic N) is 1. The van der Waals surface area contributed by atoms with Gasteiger partial charge in [-0.15, -0.1) is 0 Å². The lowest BCUT2D eigenvalue weighted by Gasteiger charge is -2.55. The normalized spacial score (nSPS) is 26.5. The van der Waals surface area contributed by atoms with E-state index in [1.807, 2.05) is 24.9 Å². The van der Waals surface area contributed by atoms with Crippen LogP contribution in [0.15, 0.2) is 42.9 Å². The molecule has 10 nitrogen and oxygen atoms in total. The summed E-state index contributed by atoms with van der Waals surface area (Å²) in [4.78, 5) is 35.0. The van der Waals surface area contributed by atoms with Crippen molar-refractivity contribution in [2.75, 3.05) is 31.6 Å². The van der Waals surface area contributed by atoms with Gasteiger partial charge in [0, 0.05) is 35.8 Å². The molecule has 0 atom stereocenters. The third-order valence-electron chi connectivity index (χ3n) is 12.1. The van der Waals surface area contributed by atoms with Gasteiger partial charge in [0.15, 0.2) is 0 Å². The number of rotatable bonds is 9. The molecule has 3 aromatic rings. The second-order valence-corrected chi connectivity index (χ2v) is 15.6. The highest BCUT2D eigenvalue weighted by atomic mass is 19.1. The summed E-state index contributed by atoms with van der Waals surface area (Å²) in [5, 5.41) is 14.0. The Morgan fingerprint density at radius 3 is 2.34 bits per heavy atom. The van der Waals surface area contributed by atoms with Crippen LogP contribution in [0.3, 0.4) is 0 Å². The highest BCUT2D eigenvalue weighted by Crippen LogP contribution is 2.58. The van der Waals surface area contributed by atoms with Crippen molar-refractivity contribution < 1.29 is 28.6 Å². The lowest BCUT2D eigenvalue weighted by Crippen LogP contribution is -2.54. The number of halogens is 1. The van der Waals surface area contributed by atoms with Crippen LogP contribution in [-0.4, -0.2) is 75.7 Å². The van der Waals surface area contributed by atoms with Gasteiger partial charge in [-0.05, 0) is 119 Å². The molecule has 8 rings (SSSR count). The molecule has 2 aromatic heterocycles. The number of benzene rings is 1. The molecule has 1 N–H and O–H groups in total. The van der Waals surface area contributed by atoms with Crippen molar-refractivity contribution in [3.63, 3.8) is 0 Å². The molecule has 268 valence electrons. The Balaban J connectivity index is 1.12. The van der Waals surface area contributed by atoms with Crippen LogP contribution in [0.2, 0.25) is 0 Å². The Kier molecular flexibility index (Phi) is 9.39. The van der Waals surface area contributed by atoms with Gasteiger partial charge in [-0.25, -0.2) is 14.2 Å². The number of pyridine rings is 1. The van der Waals surface area contributed by atoms with Gasteiger partial charge in [0.1, 0.15) is 23.5 Å². The first-order valence-corrected chi connectivity index (χ1v) is 18.3. The number of aryl methyl sites for hydroxylation is 1. The molecule has 0 radical (unpaired) electrons. The lowest BCUT2D eigenvalue weighted by atomic mass is 9.51. The quantitative estimate of drug-likeness (QED) is 0.259. The average molecular weight is 688 g/mol. The first kappa shape index (κ1) is 34.5. The molecule has 50 heavy (non-hydrogen) atoms. The lowest BCUT2D eigenvalue weighted by molar-refractivity contribution is -0.124. The van der Waals surface area contributed by atoms with Crippen LogP contribution in [0.4, 0.5) is 15.0 Å². The fourth-order valence-corrected chi connectivity index (χ4v) is 8.77. The zero-order valence-electron chi connectivity index (χ0n) is 29.7. The number of aliphatic hydroxyl groups excluding tert-OH is 1. The molecular weight excluding hydrogens is 637 g/mol. The Labute approximate surface area is 294 Å². The molecule has 0 spiro atoms. The summed E-state index contributed by atoms with van der Waals surface area (Å²) in [6.45, 7) is 7.29. The minimum Gasteiger partial charge on any atom is -0.496 e. The molecule has 2 amide bonds. The van der Waals surface area contributed by atoms with Gasteiger partial charge in [0.05, 0.1) is 38.7 Å². The Morgan fingerprint density at radius 2 is 1.74 bits per heavy atom. The predicted octanol–water partition coefficient (Wildman–Crippen LogP) is 6.98. The maximum atomic E-state index is 15.4. The smallest absolute Gasteiger partial charge is 0.410 e. The summed E-state index contributed by atoms with van der Waals surface area (Å²) < 4.78 is 28.4. The molecule has 2 bridgehead atoms. The predicted molar refractivity (Wildman–Crippen MR) is 188 cm³/mol. The van der Waals surface area contributed by atoms with Gasteiger partial charge < -0.3 is 19.5 Å². The largest absolute Gasteiger partial charge is 0.496 e. The van der Waals surface area contributed by atoms with Crippen molar-refractivity contribution >= 4 is 17.8 Å². The second-order valence-electron chi connectivity index (χ2n) is 15.6. The van der Waals surface area contributed by atoms with E-state index in [1.54, 1.807) is 24.1 Å². The van der Waals surface area contributed by atoms with Crippen molar-refractivity contribution in [2.24, 2.45) is 11.3 Å². The van der Waals surface area contributed by atoms with Crippen molar-refractivity contribution in [3.8, 4) is 16.9 Å².